The number of halogens is 8. The number of nitrogens with zero attached hydrogens (tertiary/aromatic N) is 9. The number of alkyl halides is 8. The van der Waals surface area contributed by atoms with Gasteiger partial charge in [0.25, 0.3) is 0 Å². The molecule has 1 spiro atoms. The van der Waals surface area contributed by atoms with Crippen LogP contribution in [0.2, 0.25) is 0 Å². The highest BCUT2D eigenvalue weighted by Crippen LogP contribution is 2.46. The third kappa shape index (κ3) is 20.7. The summed E-state index contributed by atoms with van der Waals surface area (Å²) < 4.78 is 128. The van der Waals surface area contributed by atoms with Crippen LogP contribution in [-0.2, 0) is 67.0 Å². The number of ether oxygens (including phenoxy) is 2. The van der Waals surface area contributed by atoms with Gasteiger partial charge in [0.15, 0.2) is 0 Å². The number of carbonyl (C=O) groups excluding carboxylic acids is 12. The largest absolute Gasteiger partial charge is 0.397 e. The quantitative estimate of drug-likeness (QED) is 0.133. The van der Waals surface area contributed by atoms with Gasteiger partial charge in [0.05, 0.1) is 43.7 Å². The third-order valence-electron chi connectivity index (χ3n) is 25.7. The summed E-state index contributed by atoms with van der Waals surface area (Å²) in [4.78, 5) is 194. The molecule has 0 aromatic rings. The predicted molar refractivity (Wildman–Crippen MR) is 392 cm³/mol. The zero-order valence-corrected chi connectivity index (χ0v) is 66.5. The molecular formula is C78H118F8N12O14. The average molecular weight is 1600 g/mol. The minimum atomic E-state index is -5.22. The number of nitrogens with one attached hydrogen (secondary N) is 3. The fraction of sp³-hybridized carbons (Fsp3) is 0.821. The Hall–Kier alpha value is -7.26. The van der Waals surface area contributed by atoms with Gasteiger partial charge < -0.3 is 69.5 Å². The van der Waals surface area contributed by atoms with Crippen molar-refractivity contribution in [3.05, 3.63) is 12.2 Å². The van der Waals surface area contributed by atoms with Gasteiger partial charge in [-0.25, -0.2) is 8.78 Å². The fourth-order valence-corrected chi connectivity index (χ4v) is 18.6. The van der Waals surface area contributed by atoms with Crippen LogP contribution in [0.15, 0.2) is 12.2 Å². The Morgan fingerprint density at radius 3 is 1.83 bits per heavy atom. The average Bonchev–Trinajstić information content (AvgIpc) is 1.31. The van der Waals surface area contributed by atoms with E-state index in [0.29, 0.717) is 57.8 Å². The zero-order valence-electron chi connectivity index (χ0n) is 66.5. The number of likely N-dealkylation sites (N-methyl/N-ethyl adjacent to an activating group) is 6. The topological polar surface area (TPSA) is 289 Å². The molecule has 12 amide bonds. The van der Waals surface area contributed by atoms with Gasteiger partial charge in [-0.15, -0.1) is 0 Å². The first-order valence-electron chi connectivity index (χ1n) is 40.5. The van der Waals surface area contributed by atoms with E-state index in [9.17, 15) is 45.5 Å². The Kier molecular flexibility index (Phi) is 30.1. The Balaban J connectivity index is 1.11. The number of carbonyl (C=O) groups is 12. The predicted octanol–water partition coefficient (Wildman–Crippen LogP) is 6.41. The summed E-state index contributed by atoms with van der Waals surface area (Å²) in [6, 6.07) is -11.4. The van der Waals surface area contributed by atoms with Gasteiger partial charge in [-0.2, -0.15) is 26.3 Å². The lowest BCUT2D eigenvalue weighted by Crippen LogP contribution is -2.68. The standard InChI is InChI=1S/C78H118F8N12O14/c1-11-20-56-67(102)88-65(45(4)12-2)73(108)91(6)44-63(101)93(8)57-23-15-14-18-34-97(72(57)107)60(37-46-24-27-49(28-25-46)77(81,82)83)70(105)90(5)43-61(99)87-55(31-26-47-35-53(79)64(54(80)36-47)78(84,85)86)69(104)98-42-52(111-13-3)38-58(98)68(103)89-76(32-19-33-76)75(110)95(10)66(48-21-16-17-22-48)74(109)94(9)59(39-62(100)92(56)7)71(106)96-40-50-29-30-51(41-96)112-50/h14-15,45-60,64-66H,11-13,16-44H2,1-10H3,(H,87,99)(H,88,102)(H,89,103)/b15-14-/t45-,46?,47?,49?,50?,51?,52+,53?,54?,55-,56-,57-,58-,59-,60-,64?,65-,66-/m0/s1. The normalized spacial score (nSPS) is 33.8. The molecule has 9 rings (SSSR count). The summed E-state index contributed by atoms with van der Waals surface area (Å²) in [6.07, 6.45) is -12.1. The molecule has 5 aliphatic heterocycles. The molecule has 4 saturated carbocycles. The summed E-state index contributed by atoms with van der Waals surface area (Å²) in [5, 5.41) is 8.46. The van der Waals surface area contributed by atoms with E-state index in [-0.39, 0.29) is 122 Å². The van der Waals surface area contributed by atoms with E-state index in [1.807, 2.05) is 0 Å². The molecule has 630 valence electrons. The van der Waals surface area contributed by atoms with Crippen LogP contribution < -0.4 is 16.0 Å². The van der Waals surface area contributed by atoms with Crippen LogP contribution in [0.1, 0.15) is 188 Å². The summed E-state index contributed by atoms with van der Waals surface area (Å²) >= 11 is 0. The molecular weight excluding hydrogens is 1480 g/mol. The van der Waals surface area contributed by atoms with Gasteiger partial charge >= 0.3 is 12.4 Å². The van der Waals surface area contributed by atoms with E-state index in [0.717, 1.165) is 19.6 Å². The summed E-state index contributed by atoms with van der Waals surface area (Å²) in [6.45, 7) is 5.36. The lowest BCUT2D eigenvalue weighted by molar-refractivity contribution is -0.219. The van der Waals surface area contributed by atoms with Crippen LogP contribution >= 0.6 is 0 Å². The SMILES string of the molecule is CCC[C@H]1C(=O)N[C@@H]([C@@H](C)CC)C(=O)N(C)CC(=O)N(C)[C@H]2C/C=C\CCN(C2=O)[C@@H](CC2CCC(C(F)(F)F)CC2)C(=O)N(C)CC(=O)N[C@@H](CCC2CC(F)C(C(F)(F)F)C(F)C2)C(=O)N2C[C@H](OCC)C[C@H]2C(=O)NC2(CCC2)C(=O)N(C)[C@@H](C2CCCC2)C(=O)N(C)[C@H](C(=O)N2CC3CCC(C2)O3)CC(=O)N1C. The number of likely N-dealkylation sites (tertiary alicyclic amines) is 1. The van der Waals surface area contributed by atoms with Crippen LogP contribution in [-0.4, -0.2) is 300 Å². The molecule has 8 fully saturated rings. The van der Waals surface area contributed by atoms with Crippen LogP contribution in [0.3, 0.4) is 0 Å². The number of rotatable bonds is 13. The number of fused-ring (bicyclic) bond motifs is 5. The van der Waals surface area contributed by atoms with Crippen LogP contribution in [0, 0.1) is 35.5 Å². The molecule has 0 radical (unpaired) electrons. The number of hydrogen-bond donors (Lipinski definition) is 3. The van der Waals surface area contributed by atoms with Crippen LogP contribution in [0.4, 0.5) is 35.1 Å². The fourth-order valence-electron chi connectivity index (χ4n) is 18.6. The van der Waals surface area contributed by atoms with Gasteiger partial charge in [0.2, 0.25) is 70.9 Å². The van der Waals surface area contributed by atoms with E-state index >= 15 is 47.1 Å². The molecule has 14 atom stereocenters. The first kappa shape index (κ1) is 88.7. The molecule has 3 N–H and O–H groups in total. The van der Waals surface area contributed by atoms with E-state index in [4.69, 9.17) is 9.47 Å². The number of morpholine rings is 1. The lowest BCUT2D eigenvalue weighted by Gasteiger charge is -2.47. The van der Waals surface area contributed by atoms with Gasteiger partial charge in [0, 0.05) is 81.5 Å². The van der Waals surface area contributed by atoms with E-state index in [2.05, 4.69) is 16.0 Å². The molecule has 4 saturated heterocycles. The van der Waals surface area contributed by atoms with E-state index in [1.165, 1.54) is 61.9 Å². The Morgan fingerprint density at radius 1 is 0.616 bits per heavy atom. The smallest absolute Gasteiger partial charge is 0.377 e. The van der Waals surface area contributed by atoms with Crippen LogP contribution in [0.25, 0.3) is 0 Å². The maximum atomic E-state index is 15.8. The molecule has 4 unspecified atom stereocenters. The number of amides is 12. The monoisotopic (exact) mass is 1600 g/mol. The third-order valence-corrected chi connectivity index (χ3v) is 25.7. The second-order valence-electron chi connectivity index (χ2n) is 33.3. The Bertz CT molecular complexity index is 3390. The maximum Gasteiger partial charge on any atom is 0.397 e. The van der Waals surface area contributed by atoms with Crippen molar-refractivity contribution in [2.45, 2.75) is 285 Å². The van der Waals surface area contributed by atoms with E-state index in [1.54, 1.807) is 44.7 Å². The second-order valence-corrected chi connectivity index (χ2v) is 33.3. The minimum absolute atomic E-state index is 0.00493. The van der Waals surface area contributed by atoms with Crippen molar-refractivity contribution in [1.82, 2.24) is 60.0 Å². The van der Waals surface area contributed by atoms with Gasteiger partial charge in [-0.3, -0.25) is 57.5 Å². The molecule has 4 bridgehead atoms. The van der Waals surface area contributed by atoms with Crippen molar-refractivity contribution in [2.75, 3.05) is 88.2 Å². The molecule has 4 aliphatic carbocycles. The van der Waals surface area contributed by atoms with Crippen molar-refractivity contribution < 1.29 is 102 Å². The highest BCUT2D eigenvalue weighted by atomic mass is 19.4. The molecule has 0 aromatic carbocycles. The maximum absolute atomic E-state index is 15.8. The summed E-state index contributed by atoms with van der Waals surface area (Å²) in [5.41, 5.74) is -1.70. The zero-order chi connectivity index (χ0) is 82.2. The van der Waals surface area contributed by atoms with Gasteiger partial charge in [-0.05, 0) is 153 Å². The first-order valence-corrected chi connectivity index (χ1v) is 40.5. The lowest BCUT2D eigenvalue weighted by atomic mass is 9.74. The van der Waals surface area contributed by atoms with Crippen molar-refractivity contribution in [2.24, 2.45) is 35.5 Å². The van der Waals surface area contributed by atoms with Crippen molar-refractivity contribution in [3.63, 3.8) is 0 Å². The van der Waals surface area contributed by atoms with Crippen molar-refractivity contribution in [1.29, 1.82) is 0 Å². The highest BCUT2D eigenvalue weighted by molar-refractivity contribution is 6.01. The molecule has 26 nitrogen and oxygen atoms in total. The van der Waals surface area contributed by atoms with Crippen LogP contribution in [0.5, 0.6) is 0 Å². The first-order chi connectivity index (χ1) is 52.8. The Morgan fingerprint density at radius 2 is 1.25 bits per heavy atom. The molecule has 112 heavy (non-hydrogen) atoms. The molecule has 5 heterocycles. The second kappa shape index (κ2) is 38.0. The number of hydrogen-bond acceptors (Lipinski definition) is 14. The molecule has 0 aromatic heterocycles. The molecule has 9 aliphatic rings. The minimum Gasteiger partial charge on any atom is -0.377 e. The summed E-state index contributed by atoms with van der Waals surface area (Å²) in [5.74, 6) is -16.7. The van der Waals surface area contributed by atoms with Crippen molar-refractivity contribution >= 4 is 70.9 Å². The van der Waals surface area contributed by atoms with E-state index < -0.39 is 230 Å². The van der Waals surface area contributed by atoms with Crippen molar-refractivity contribution in [3.8, 4) is 0 Å². The molecule has 34 heteroatoms. The summed E-state index contributed by atoms with van der Waals surface area (Å²) in [7, 11) is 8.09. The Labute approximate surface area is 651 Å². The highest BCUT2D eigenvalue weighted by Gasteiger charge is 2.57. The van der Waals surface area contributed by atoms with Gasteiger partial charge in [-0.1, -0.05) is 58.6 Å². The van der Waals surface area contributed by atoms with Gasteiger partial charge in [0.1, 0.15) is 72.1 Å².